The van der Waals surface area contributed by atoms with Gasteiger partial charge < -0.3 is 10.6 Å². The average Bonchev–Trinajstić information content (AvgIpc) is 2.54. The van der Waals surface area contributed by atoms with Gasteiger partial charge >= 0.3 is 0 Å². The summed E-state index contributed by atoms with van der Waals surface area (Å²) in [6, 6.07) is 12.9. The van der Waals surface area contributed by atoms with Crippen LogP contribution in [-0.4, -0.2) is 22.6 Å². The topological polar surface area (TPSA) is 49.8 Å². The summed E-state index contributed by atoms with van der Waals surface area (Å²) >= 11 is 0. The van der Waals surface area contributed by atoms with E-state index in [0.29, 0.717) is 6.04 Å². The van der Waals surface area contributed by atoms with E-state index in [1.54, 1.807) is 0 Å². The summed E-state index contributed by atoms with van der Waals surface area (Å²) < 4.78 is 0. The van der Waals surface area contributed by atoms with E-state index < -0.39 is 0 Å². The van der Waals surface area contributed by atoms with Crippen LogP contribution in [0.2, 0.25) is 0 Å². The van der Waals surface area contributed by atoms with Crippen molar-refractivity contribution in [3.8, 4) is 0 Å². The van der Waals surface area contributed by atoms with Crippen molar-refractivity contribution >= 4 is 0 Å². The number of hydrogen-bond acceptors (Lipinski definition) is 4. The Bertz CT molecular complexity index is 515. The molecule has 112 valence electrons. The quantitative estimate of drug-likeness (QED) is 0.821. The van der Waals surface area contributed by atoms with Crippen molar-refractivity contribution in [1.29, 1.82) is 0 Å². The summed E-state index contributed by atoms with van der Waals surface area (Å²) in [4.78, 5) is 8.75. The highest BCUT2D eigenvalue weighted by atomic mass is 15.0. The van der Waals surface area contributed by atoms with E-state index in [4.69, 9.17) is 0 Å². The summed E-state index contributed by atoms with van der Waals surface area (Å²) in [6.07, 6.45) is 3.66. The Hall–Kier alpha value is -1.78. The third-order valence-corrected chi connectivity index (χ3v) is 3.53. The average molecular weight is 284 g/mol. The van der Waals surface area contributed by atoms with Gasteiger partial charge in [0.2, 0.25) is 0 Å². The molecule has 4 heteroatoms. The molecule has 3 atom stereocenters. The highest BCUT2D eigenvalue weighted by Gasteiger charge is 2.12. The first-order valence-corrected chi connectivity index (χ1v) is 7.48. The molecule has 0 unspecified atom stereocenters. The molecular weight excluding hydrogens is 260 g/mol. The van der Waals surface area contributed by atoms with Crippen LogP contribution in [0.3, 0.4) is 0 Å². The van der Waals surface area contributed by atoms with Gasteiger partial charge in [0.15, 0.2) is 0 Å². The minimum atomic E-state index is 0.244. The van der Waals surface area contributed by atoms with Crippen molar-refractivity contribution in [1.82, 2.24) is 20.6 Å². The molecule has 0 fully saturated rings. The van der Waals surface area contributed by atoms with Crippen molar-refractivity contribution in [3.63, 3.8) is 0 Å². The molecular formula is C17H24N4. The maximum absolute atomic E-state index is 4.38. The van der Waals surface area contributed by atoms with E-state index in [9.17, 15) is 0 Å². The van der Waals surface area contributed by atoms with Gasteiger partial charge in [0.1, 0.15) is 0 Å². The molecule has 0 saturated heterocycles. The Morgan fingerprint density at radius 1 is 0.857 bits per heavy atom. The minimum absolute atomic E-state index is 0.244. The predicted molar refractivity (Wildman–Crippen MR) is 85.9 cm³/mol. The number of nitrogens with zero attached hydrogens (tertiary/aromatic N) is 2. The van der Waals surface area contributed by atoms with E-state index in [0.717, 1.165) is 17.9 Å². The van der Waals surface area contributed by atoms with Crippen molar-refractivity contribution in [2.24, 2.45) is 0 Å². The predicted octanol–water partition coefficient (Wildman–Crippen LogP) is 2.87. The van der Waals surface area contributed by atoms with Crippen molar-refractivity contribution in [2.45, 2.75) is 38.9 Å². The lowest BCUT2D eigenvalue weighted by Crippen LogP contribution is -2.38. The van der Waals surface area contributed by atoms with Crippen LogP contribution in [0.1, 0.15) is 44.2 Å². The van der Waals surface area contributed by atoms with E-state index in [2.05, 4.69) is 41.4 Å². The fourth-order valence-corrected chi connectivity index (χ4v) is 2.29. The molecule has 0 amide bonds. The first-order chi connectivity index (χ1) is 10.2. The molecule has 0 aromatic carbocycles. The third kappa shape index (κ3) is 4.92. The number of nitrogens with one attached hydrogen (secondary N) is 2. The van der Waals surface area contributed by atoms with Crippen molar-refractivity contribution in [3.05, 3.63) is 60.2 Å². The lowest BCUT2D eigenvalue weighted by molar-refractivity contribution is 0.425. The monoisotopic (exact) mass is 284 g/mol. The van der Waals surface area contributed by atoms with Gasteiger partial charge in [0.05, 0.1) is 11.4 Å². The van der Waals surface area contributed by atoms with Crippen molar-refractivity contribution in [2.75, 3.05) is 6.54 Å². The van der Waals surface area contributed by atoms with Gasteiger partial charge in [0.25, 0.3) is 0 Å². The summed E-state index contributed by atoms with van der Waals surface area (Å²) in [7, 11) is 0. The smallest absolute Gasteiger partial charge is 0.0570 e. The van der Waals surface area contributed by atoms with Gasteiger partial charge in [-0.1, -0.05) is 12.1 Å². The largest absolute Gasteiger partial charge is 0.307 e. The van der Waals surface area contributed by atoms with E-state index >= 15 is 0 Å². The molecule has 0 aliphatic heterocycles. The number of hydrogen-bond donors (Lipinski definition) is 2. The molecule has 21 heavy (non-hydrogen) atoms. The summed E-state index contributed by atoms with van der Waals surface area (Å²) in [5.41, 5.74) is 2.14. The van der Waals surface area contributed by atoms with Crippen LogP contribution in [0.4, 0.5) is 0 Å². The molecule has 0 bridgehead atoms. The first-order valence-electron chi connectivity index (χ1n) is 7.48. The molecule has 0 radical (unpaired) electrons. The lowest BCUT2D eigenvalue weighted by atomic mass is 10.1. The molecule has 0 saturated carbocycles. The van der Waals surface area contributed by atoms with Gasteiger partial charge in [-0.25, -0.2) is 0 Å². The highest BCUT2D eigenvalue weighted by molar-refractivity contribution is 5.09. The van der Waals surface area contributed by atoms with Gasteiger partial charge in [-0.15, -0.1) is 0 Å². The standard InChI is InChI=1S/C17H24N4/c1-13(21-15(3)17-9-5-7-11-19-17)12-20-14(2)16-8-4-6-10-18-16/h4-11,13-15,20-21H,12H2,1-3H3/t13-,14-,15+/m1/s1. The second kappa shape index (κ2) is 7.86. The van der Waals surface area contributed by atoms with Gasteiger partial charge in [0, 0.05) is 37.1 Å². The zero-order chi connectivity index (χ0) is 15.1. The van der Waals surface area contributed by atoms with Crippen molar-refractivity contribution < 1.29 is 0 Å². The molecule has 0 aliphatic rings. The minimum Gasteiger partial charge on any atom is -0.307 e. The van der Waals surface area contributed by atoms with Crippen LogP contribution in [0.25, 0.3) is 0 Å². The lowest BCUT2D eigenvalue weighted by Gasteiger charge is -2.22. The molecule has 2 aromatic rings. The third-order valence-electron chi connectivity index (χ3n) is 3.53. The Labute approximate surface area is 127 Å². The van der Waals surface area contributed by atoms with Crippen LogP contribution < -0.4 is 10.6 Å². The maximum Gasteiger partial charge on any atom is 0.0570 e. The number of pyridine rings is 2. The molecule has 2 aromatic heterocycles. The summed E-state index contributed by atoms with van der Waals surface area (Å²) in [5.74, 6) is 0. The van der Waals surface area contributed by atoms with Crippen LogP contribution in [-0.2, 0) is 0 Å². The fourth-order valence-electron chi connectivity index (χ4n) is 2.29. The van der Waals surface area contributed by atoms with Gasteiger partial charge in [-0.05, 0) is 45.0 Å². The second-order valence-corrected chi connectivity index (χ2v) is 5.43. The SMILES string of the molecule is C[C@H](CN[C@H](C)c1ccccn1)N[C@@H](C)c1ccccn1. The normalized spacial score (nSPS) is 15.4. The molecule has 0 aliphatic carbocycles. The maximum atomic E-state index is 4.38. The second-order valence-electron chi connectivity index (χ2n) is 5.43. The molecule has 2 N–H and O–H groups in total. The van der Waals surface area contributed by atoms with Crippen LogP contribution in [0, 0.1) is 0 Å². The Kier molecular flexibility index (Phi) is 5.84. The van der Waals surface area contributed by atoms with Crippen LogP contribution >= 0.6 is 0 Å². The Balaban J connectivity index is 1.78. The van der Waals surface area contributed by atoms with Gasteiger partial charge in [-0.2, -0.15) is 0 Å². The van der Waals surface area contributed by atoms with E-state index in [1.807, 2.05) is 48.8 Å². The molecule has 0 spiro atoms. The zero-order valence-electron chi connectivity index (χ0n) is 13.0. The molecule has 2 rings (SSSR count). The Morgan fingerprint density at radius 3 is 1.95 bits per heavy atom. The van der Waals surface area contributed by atoms with Crippen LogP contribution in [0.15, 0.2) is 48.8 Å². The molecule has 2 heterocycles. The zero-order valence-corrected chi connectivity index (χ0v) is 13.0. The van der Waals surface area contributed by atoms with Gasteiger partial charge in [-0.3, -0.25) is 9.97 Å². The van der Waals surface area contributed by atoms with E-state index in [-0.39, 0.29) is 12.1 Å². The number of rotatable bonds is 7. The van der Waals surface area contributed by atoms with Crippen LogP contribution in [0.5, 0.6) is 0 Å². The molecule has 4 nitrogen and oxygen atoms in total. The number of aromatic nitrogens is 2. The highest BCUT2D eigenvalue weighted by Crippen LogP contribution is 2.10. The Morgan fingerprint density at radius 2 is 1.43 bits per heavy atom. The van der Waals surface area contributed by atoms with E-state index in [1.165, 1.54) is 0 Å². The summed E-state index contributed by atoms with van der Waals surface area (Å²) in [6.45, 7) is 7.34. The summed E-state index contributed by atoms with van der Waals surface area (Å²) in [5, 5.41) is 7.07. The fraction of sp³-hybridized carbons (Fsp3) is 0.412. The first kappa shape index (κ1) is 15.6.